The Morgan fingerprint density at radius 1 is 1.00 bits per heavy atom. The predicted octanol–water partition coefficient (Wildman–Crippen LogP) is 3.14. The molecule has 0 amide bonds. The van der Waals surface area contributed by atoms with Crippen molar-refractivity contribution in [2.45, 2.75) is 13.2 Å². The topological polar surface area (TPSA) is 30.5 Å². The number of para-hydroxylation sites is 1. The quantitative estimate of drug-likeness (QED) is 0.757. The molecule has 3 nitrogen and oxygen atoms in total. The highest BCUT2D eigenvalue weighted by Crippen LogP contribution is 2.19. The lowest BCUT2D eigenvalue weighted by Gasteiger charge is -2.12. The molecule has 2 rings (SSSR count). The van der Waals surface area contributed by atoms with E-state index in [2.05, 4.69) is 5.32 Å². The summed E-state index contributed by atoms with van der Waals surface area (Å²) in [5.74, 6) is 0.527. The minimum Gasteiger partial charge on any atom is -0.488 e. The predicted molar refractivity (Wildman–Crippen MR) is 80.8 cm³/mol. The van der Waals surface area contributed by atoms with E-state index in [-0.39, 0.29) is 12.4 Å². The second-order valence-electron chi connectivity index (χ2n) is 4.66. The van der Waals surface area contributed by atoms with Crippen LogP contribution in [-0.4, -0.2) is 20.3 Å². The molecule has 0 heterocycles. The summed E-state index contributed by atoms with van der Waals surface area (Å²) in [6.45, 7) is 2.36. The molecule has 4 heteroatoms. The van der Waals surface area contributed by atoms with Crippen molar-refractivity contribution in [1.82, 2.24) is 5.32 Å². The molecule has 21 heavy (non-hydrogen) atoms. The number of rotatable bonds is 8. The van der Waals surface area contributed by atoms with Crippen LogP contribution in [0.3, 0.4) is 0 Å². The molecular formula is C17H20FNO2. The van der Waals surface area contributed by atoms with Gasteiger partial charge in [-0.2, -0.15) is 0 Å². The van der Waals surface area contributed by atoms with Gasteiger partial charge in [0.25, 0.3) is 0 Å². The Morgan fingerprint density at radius 3 is 2.48 bits per heavy atom. The molecule has 0 saturated heterocycles. The Kier molecular flexibility index (Phi) is 6.19. The van der Waals surface area contributed by atoms with E-state index in [0.717, 1.165) is 17.9 Å². The summed E-state index contributed by atoms with van der Waals surface area (Å²) in [6.07, 6.45) is 0. The summed E-state index contributed by atoms with van der Waals surface area (Å²) < 4.78 is 24.3. The molecule has 0 unspecified atom stereocenters. The van der Waals surface area contributed by atoms with E-state index < -0.39 is 0 Å². The average Bonchev–Trinajstić information content (AvgIpc) is 2.52. The number of halogens is 1. The summed E-state index contributed by atoms with van der Waals surface area (Å²) in [5, 5.41) is 3.27. The van der Waals surface area contributed by atoms with Crippen LogP contribution in [0, 0.1) is 5.82 Å². The zero-order chi connectivity index (χ0) is 14.9. The number of hydrogen-bond donors (Lipinski definition) is 1. The SMILES string of the molecule is COCCNCc1ccccc1OCc1ccccc1F. The molecule has 0 aromatic heterocycles. The van der Waals surface area contributed by atoms with Gasteiger partial charge in [0, 0.05) is 31.3 Å². The zero-order valence-electron chi connectivity index (χ0n) is 12.1. The lowest BCUT2D eigenvalue weighted by Crippen LogP contribution is -2.19. The highest BCUT2D eigenvalue weighted by Gasteiger charge is 2.05. The fourth-order valence-corrected chi connectivity index (χ4v) is 1.96. The first-order valence-corrected chi connectivity index (χ1v) is 6.95. The normalized spacial score (nSPS) is 10.6. The number of nitrogens with one attached hydrogen (secondary N) is 1. The van der Waals surface area contributed by atoms with Crippen molar-refractivity contribution in [2.75, 3.05) is 20.3 Å². The summed E-state index contributed by atoms with van der Waals surface area (Å²) in [5.41, 5.74) is 1.60. The van der Waals surface area contributed by atoms with Gasteiger partial charge >= 0.3 is 0 Å². The zero-order valence-corrected chi connectivity index (χ0v) is 12.1. The molecule has 0 aliphatic heterocycles. The first-order valence-electron chi connectivity index (χ1n) is 6.95. The molecule has 0 radical (unpaired) electrons. The highest BCUT2D eigenvalue weighted by molar-refractivity contribution is 5.33. The smallest absolute Gasteiger partial charge is 0.129 e. The van der Waals surface area contributed by atoms with Crippen molar-refractivity contribution < 1.29 is 13.9 Å². The lowest BCUT2D eigenvalue weighted by atomic mass is 10.2. The Morgan fingerprint density at radius 2 is 1.71 bits per heavy atom. The Bertz CT molecular complexity index is 560. The molecular weight excluding hydrogens is 269 g/mol. The second-order valence-corrected chi connectivity index (χ2v) is 4.66. The fourth-order valence-electron chi connectivity index (χ4n) is 1.96. The van der Waals surface area contributed by atoms with Gasteiger partial charge < -0.3 is 14.8 Å². The molecule has 0 bridgehead atoms. The van der Waals surface area contributed by atoms with Crippen molar-refractivity contribution in [1.29, 1.82) is 0 Å². The van der Waals surface area contributed by atoms with E-state index in [9.17, 15) is 4.39 Å². The highest BCUT2D eigenvalue weighted by atomic mass is 19.1. The summed E-state index contributed by atoms with van der Waals surface area (Å²) in [6, 6.07) is 14.4. The molecule has 2 aromatic carbocycles. The van der Waals surface area contributed by atoms with Crippen LogP contribution in [0.25, 0.3) is 0 Å². The third-order valence-corrected chi connectivity index (χ3v) is 3.11. The van der Waals surface area contributed by atoms with Crippen molar-refractivity contribution in [3.05, 3.63) is 65.5 Å². The minimum atomic E-state index is -0.242. The maximum absolute atomic E-state index is 13.6. The van der Waals surface area contributed by atoms with Crippen LogP contribution >= 0.6 is 0 Å². The molecule has 112 valence electrons. The molecule has 0 atom stereocenters. The van der Waals surface area contributed by atoms with Gasteiger partial charge in [-0.3, -0.25) is 0 Å². The summed E-state index contributed by atoms with van der Waals surface area (Å²) in [7, 11) is 1.67. The maximum atomic E-state index is 13.6. The summed E-state index contributed by atoms with van der Waals surface area (Å²) >= 11 is 0. The molecule has 0 aliphatic carbocycles. The van der Waals surface area contributed by atoms with Gasteiger partial charge in [0.05, 0.1) is 6.61 Å². The van der Waals surface area contributed by atoms with Crippen LogP contribution < -0.4 is 10.1 Å². The number of methoxy groups -OCH3 is 1. The molecule has 0 spiro atoms. The average molecular weight is 289 g/mol. The molecule has 0 saturated carbocycles. The minimum absolute atomic E-state index is 0.224. The van der Waals surface area contributed by atoms with Crippen LogP contribution in [0.1, 0.15) is 11.1 Å². The third-order valence-electron chi connectivity index (χ3n) is 3.11. The number of benzene rings is 2. The monoisotopic (exact) mass is 289 g/mol. The van der Waals surface area contributed by atoms with Crippen molar-refractivity contribution in [3.8, 4) is 5.75 Å². The van der Waals surface area contributed by atoms with E-state index in [1.807, 2.05) is 24.3 Å². The van der Waals surface area contributed by atoms with E-state index in [1.165, 1.54) is 6.07 Å². The summed E-state index contributed by atoms with van der Waals surface area (Å²) in [4.78, 5) is 0. The largest absolute Gasteiger partial charge is 0.488 e. The van der Waals surface area contributed by atoms with Gasteiger partial charge in [0.2, 0.25) is 0 Å². The molecule has 1 N–H and O–H groups in total. The standard InChI is InChI=1S/C17H20FNO2/c1-20-11-10-19-12-14-6-3-5-9-17(14)21-13-15-7-2-4-8-16(15)18/h2-9,19H,10-13H2,1H3. The van der Waals surface area contributed by atoms with Crippen molar-refractivity contribution in [3.63, 3.8) is 0 Å². The van der Waals surface area contributed by atoms with Gasteiger partial charge in [-0.05, 0) is 12.1 Å². The van der Waals surface area contributed by atoms with Crippen molar-refractivity contribution in [2.24, 2.45) is 0 Å². The van der Waals surface area contributed by atoms with Gasteiger partial charge in [-0.25, -0.2) is 4.39 Å². The fraction of sp³-hybridized carbons (Fsp3) is 0.294. The Balaban J connectivity index is 1.95. The first-order chi connectivity index (χ1) is 10.3. The molecule has 2 aromatic rings. The van der Waals surface area contributed by atoms with E-state index in [0.29, 0.717) is 18.7 Å². The lowest BCUT2D eigenvalue weighted by molar-refractivity contribution is 0.199. The second kappa shape index (κ2) is 8.39. The number of ether oxygens (including phenoxy) is 2. The third kappa shape index (κ3) is 4.85. The van der Waals surface area contributed by atoms with Crippen LogP contribution in [0.4, 0.5) is 4.39 Å². The van der Waals surface area contributed by atoms with Gasteiger partial charge in [0.1, 0.15) is 18.2 Å². The Hall–Kier alpha value is -1.91. The maximum Gasteiger partial charge on any atom is 0.129 e. The van der Waals surface area contributed by atoms with Gasteiger partial charge in [-0.15, -0.1) is 0 Å². The first kappa shape index (κ1) is 15.5. The van der Waals surface area contributed by atoms with E-state index in [1.54, 1.807) is 25.3 Å². The van der Waals surface area contributed by atoms with Gasteiger partial charge in [0.15, 0.2) is 0 Å². The molecule has 0 fully saturated rings. The number of hydrogen-bond acceptors (Lipinski definition) is 3. The van der Waals surface area contributed by atoms with Gasteiger partial charge in [-0.1, -0.05) is 36.4 Å². The van der Waals surface area contributed by atoms with Crippen molar-refractivity contribution >= 4 is 0 Å². The van der Waals surface area contributed by atoms with E-state index in [4.69, 9.17) is 9.47 Å². The van der Waals surface area contributed by atoms with Crippen LogP contribution in [0.2, 0.25) is 0 Å². The van der Waals surface area contributed by atoms with Crippen LogP contribution in [0.15, 0.2) is 48.5 Å². The van der Waals surface area contributed by atoms with Crippen LogP contribution in [-0.2, 0) is 17.9 Å². The van der Waals surface area contributed by atoms with E-state index >= 15 is 0 Å². The molecule has 0 aliphatic rings. The van der Waals surface area contributed by atoms with Crippen LogP contribution in [0.5, 0.6) is 5.75 Å². The Labute approximate surface area is 124 Å².